The summed E-state index contributed by atoms with van der Waals surface area (Å²) in [4.78, 5) is 4.66. The molecule has 20 heavy (non-hydrogen) atoms. The monoisotopic (exact) mass is 270 g/mol. The van der Waals surface area contributed by atoms with Crippen LogP contribution >= 0.6 is 0 Å². The van der Waals surface area contributed by atoms with Crippen molar-refractivity contribution >= 4 is 0 Å². The summed E-state index contributed by atoms with van der Waals surface area (Å²) in [6, 6.07) is 10.6. The zero-order chi connectivity index (χ0) is 13.6. The van der Waals surface area contributed by atoms with Crippen molar-refractivity contribution in [3.05, 3.63) is 47.5 Å². The lowest BCUT2D eigenvalue weighted by molar-refractivity contribution is 0.447. The zero-order valence-electron chi connectivity index (χ0n) is 11.8. The Morgan fingerprint density at radius 1 is 1.15 bits per heavy atom. The summed E-state index contributed by atoms with van der Waals surface area (Å²) < 4.78 is 0. The van der Waals surface area contributed by atoms with E-state index in [1.54, 1.807) is 0 Å². The lowest BCUT2D eigenvalue weighted by Gasteiger charge is -2.19. The van der Waals surface area contributed by atoms with E-state index in [2.05, 4.69) is 50.8 Å². The Labute approximate surface area is 120 Å². The van der Waals surface area contributed by atoms with Crippen molar-refractivity contribution < 1.29 is 0 Å². The molecule has 0 spiro atoms. The summed E-state index contributed by atoms with van der Waals surface area (Å²) in [7, 11) is 0. The van der Waals surface area contributed by atoms with E-state index in [1.165, 1.54) is 18.4 Å². The molecular formula is C16H22N4. The maximum Gasteiger partial charge on any atom is 0.155 e. The average Bonchev–Trinajstić information content (AvgIpc) is 2.98. The molecule has 4 nitrogen and oxygen atoms in total. The number of hydrogen-bond donors (Lipinski definition) is 2. The third-order valence-corrected chi connectivity index (χ3v) is 3.93. The van der Waals surface area contributed by atoms with Crippen molar-refractivity contribution in [2.75, 3.05) is 13.1 Å². The van der Waals surface area contributed by atoms with Gasteiger partial charge >= 0.3 is 0 Å². The summed E-state index contributed by atoms with van der Waals surface area (Å²) in [5.74, 6) is 2.51. The van der Waals surface area contributed by atoms with Crippen LogP contribution in [-0.4, -0.2) is 28.3 Å². The first kappa shape index (κ1) is 13.3. The van der Waals surface area contributed by atoms with Crippen molar-refractivity contribution in [3.63, 3.8) is 0 Å². The maximum absolute atomic E-state index is 4.66. The van der Waals surface area contributed by atoms with Crippen LogP contribution in [0.15, 0.2) is 30.3 Å². The summed E-state index contributed by atoms with van der Waals surface area (Å²) in [5, 5.41) is 10.9. The molecule has 2 N–H and O–H groups in total. The fraction of sp³-hybridized carbons (Fsp3) is 0.500. The molecule has 1 fully saturated rings. The van der Waals surface area contributed by atoms with E-state index in [1.807, 2.05) is 0 Å². The second kappa shape index (κ2) is 6.66. The van der Waals surface area contributed by atoms with E-state index in [0.717, 1.165) is 44.0 Å². The quantitative estimate of drug-likeness (QED) is 0.877. The smallest absolute Gasteiger partial charge is 0.155 e. The minimum atomic E-state index is 0.489. The minimum absolute atomic E-state index is 0.489. The van der Waals surface area contributed by atoms with Gasteiger partial charge in [0.15, 0.2) is 5.82 Å². The number of aromatic amines is 1. The third kappa shape index (κ3) is 3.45. The van der Waals surface area contributed by atoms with Crippen LogP contribution < -0.4 is 5.32 Å². The van der Waals surface area contributed by atoms with Gasteiger partial charge in [-0.05, 0) is 37.8 Å². The number of nitrogens with zero attached hydrogens (tertiary/aromatic N) is 2. The molecule has 0 bridgehead atoms. The van der Waals surface area contributed by atoms with Crippen LogP contribution in [0.5, 0.6) is 0 Å². The molecule has 3 rings (SSSR count). The highest BCUT2D eigenvalue weighted by Crippen LogP contribution is 2.19. The Balaban J connectivity index is 1.50. The molecule has 1 saturated heterocycles. The largest absolute Gasteiger partial charge is 0.316 e. The third-order valence-electron chi connectivity index (χ3n) is 3.93. The Hall–Kier alpha value is -1.68. The standard InChI is InChI=1S/C16H22N4/c1-2-6-13(7-3-1)8-4-10-15-18-16(20-19-15)14-9-5-11-17-12-14/h1-3,6-7,14,17H,4-5,8-12H2,(H,18,19,20). The van der Waals surface area contributed by atoms with Crippen LogP contribution in [0.1, 0.15) is 42.4 Å². The highest BCUT2D eigenvalue weighted by Gasteiger charge is 2.19. The Bertz CT molecular complexity index is 514. The summed E-state index contributed by atoms with van der Waals surface area (Å²) in [6.45, 7) is 2.15. The first-order valence-corrected chi connectivity index (χ1v) is 7.57. The molecule has 1 atom stereocenters. The Morgan fingerprint density at radius 2 is 2.05 bits per heavy atom. The molecule has 0 amide bonds. The van der Waals surface area contributed by atoms with Gasteiger partial charge in [-0.2, -0.15) is 5.10 Å². The van der Waals surface area contributed by atoms with Gasteiger partial charge in [0.25, 0.3) is 0 Å². The molecule has 0 aliphatic carbocycles. The topological polar surface area (TPSA) is 53.6 Å². The Kier molecular flexibility index (Phi) is 4.43. The van der Waals surface area contributed by atoms with E-state index in [9.17, 15) is 0 Å². The van der Waals surface area contributed by atoms with E-state index in [-0.39, 0.29) is 0 Å². The van der Waals surface area contributed by atoms with Crippen molar-refractivity contribution in [2.24, 2.45) is 0 Å². The number of piperidine rings is 1. The number of H-pyrrole nitrogens is 1. The predicted molar refractivity (Wildman–Crippen MR) is 79.7 cm³/mol. The van der Waals surface area contributed by atoms with Gasteiger partial charge in [0.1, 0.15) is 5.82 Å². The number of aromatic nitrogens is 3. The average molecular weight is 270 g/mol. The van der Waals surface area contributed by atoms with Gasteiger partial charge < -0.3 is 5.32 Å². The van der Waals surface area contributed by atoms with Gasteiger partial charge in [0, 0.05) is 18.9 Å². The summed E-state index contributed by atoms with van der Waals surface area (Å²) in [6.07, 6.45) is 5.61. The molecule has 1 aromatic carbocycles. The maximum atomic E-state index is 4.66. The molecule has 0 radical (unpaired) electrons. The van der Waals surface area contributed by atoms with Crippen LogP contribution in [-0.2, 0) is 12.8 Å². The van der Waals surface area contributed by atoms with Gasteiger partial charge in [-0.15, -0.1) is 0 Å². The second-order valence-electron chi connectivity index (χ2n) is 5.52. The lowest BCUT2D eigenvalue weighted by Crippen LogP contribution is -2.28. The van der Waals surface area contributed by atoms with Gasteiger partial charge in [0.05, 0.1) is 0 Å². The van der Waals surface area contributed by atoms with Crippen molar-refractivity contribution in [3.8, 4) is 0 Å². The van der Waals surface area contributed by atoms with Crippen molar-refractivity contribution in [1.82, 2.24) is 20.5 Å². The summed E-state index contributed by atoms with van der Waals surface area (Å²) in [5.41, 5.74) is 1.39. The molecule has 0 saturated carbocycles. The second-order valence-corrected chi connectivity index (χ2v) is 5.52. The first-order valence-electron chi connectivity index (χ1n) is 7.57. The van der Waals surface area contributed by atoms with Crippen LogP contribution in [0.4, 0.5) is 0 Å². The predicted octanol–water partition coefficient (Wildman–Crippen LogP) is 2.45. The first-order chi connectivity index (χ1) is 9.92. The molecular weight excluding hydrogens is 248 g/mol. The van der Waals surface area contributed by atoms with Crippen LogP contribution in [0.25, 0.3) is 0 Å². The highest BCUT2D eigenvalue weighted by atomic mass is 15.2. The van der Waals surface area contributed by atoms with E-state index >= 15 is 0 Å². The van der Waals surface area contributed by atoms with Gasteiger partial charge in [-0.1, -0.05) is 30.3 Å². The fourth-order valence-electron chi connectivity index (χ4n) is 2.78. The van der Waals surface area contributed by atoms with Crippen LogP contribution in [0.3, 0.4) is 0 Å². The zero-order valence-corrected chi connectivity index (χ0v) is 11.8. The fourth-order valence-corrected chi connectivity index (χ4v) is 2.78. The molecule has 106 valence electrons. The SMILES string of the molecule is c1ccc(CCCc2nc(C3CCCNC3)n[nH]2)cc1. The number of benzene rings is 1. The summed E-state index contributed by atoms with van der Waals surface area (Å²) >= 11 is 0. The number of aryl methyl sites for hydroxylation is 2. The van der Waals surface area contributed by atoms with E-state index < -0.39 is 0 Å². The van der Waals surface area contributed by atoms with Crippen LogP contribution in [0.2, 0.25) is 0 Å². The molecule has 2 heterocycles. The lowest BCUT2D eigenvalue weighted by atomic mass is 9.99. The molecule has 1 aromatic heterocycles. The molecule has 4 heteroatoms. The van der Waals surface area contributed by atoms with Crippen molar-refractivity contribution in [2.45, 2.75) is 38.0 Å². The minimum Gasteiger partial charge on any atom is -0.316 e. The van der Waals surface area contributed by atoms with Gasteiger partial charge in [0.2, 0.25) is 0 Å². The van der Waals surface area contributed by atoms with Crippen LogP contribution in [0, 0.1) is 0 Å². The van der Waals surface area contributed by atoms with E-state index in [0.29, 0.717) is 5.92 Å². The molecule has 1 aliphatic heterocycles. The number of nitrogens with one attached hydrogen (secondary N) is 2. The highest BCUT2D eigenvalue weighted by molar-refractivity contribution is 5.14. The van der Waals surface area contributed by atoms with Gasteiger partial charge in [-0.25, -0.2) is 4.98 Å². The number of hydrogen-bond acceptors (Lipinski definition) is 3. The molecule has 1 aliphatic rings. The van der Waals surface area contributed by atoms with E-state index in [4.69, 9.17) is 0 Å². The number of rotatable bonds is 5. The Morgan fingerprint density at radius 3 is 2.85 bits per heavy atom. The van der Waals surface area contributed by atoms with Gasteiger partial charge in [-0.3, -0.25) is 5.10 Å². The van der Waals surface area contributed by atoms with Crippen molar-refractivity contribution in [1.29, 1.82) is 0 Å². The molecule has 2 aromatic rings. The normalized spacial score (nSPS) is 19.1. The molecule has 1 unspecified atom stereocenters.